The second-order valence-electron chi connectivity index (χ2n) is 8.71. The molecular formula is C24H32ClFN4O. The predicted octanol–water partition coefficient (Wildman–Crippen LogP) is 5.32. The Morgan fingerprint density at radius 3 is 2.58 bits per heavy atom. The first-order chi connectivity index (χ1) is 15.1. The van der Waals surface area contributed by atoms with Crippen LogP contribution in [0, 0.1) is 11.7 Å². The lowest BCUT2D eigenvalue weighted by atomic mass is 9.91. The molecule has 0 saturated heterocycles. The molecule has 2 aromatic rings. The molecule has 31 heavy (non-hydrogen) atoms. The second kappa shape index (κ2) is 10.6. The minimum atomic E-state index is -0.279. The summed E-state index contributed by atoms with van der Waals surface area (Å²) in [5.41, 5.74) is 2.09. The Morgan fingerprint density at radius 1 is 1.06 bits per heavy atom. The van der Waals surface area contributed by atoms with Crippen molar-refractivity contribution in [2.75, 3.05) is 37.4 Å². The van der Waals surface area contributed by atoms with Crippen molar-refractivity contribution < 1.29 is 9.13 Å². The van der Waals surface area contributed by atoms with Crippen LogP contribution in [0.25, 0.3) is 11.1 Å². The van der Waals surface area contributed by atoms with Gasteiger partial charge < -0.3 is 20.7 Å². The van der Waals surface area contributed by atoms with Gasteiger partial charge >= 0.3 is 0 Å². The summed E-state index contributed by atoms with van der Waals surface area (Å²) in [6.07, 6.45) is 8.53. The molecule has 0 radical (unpaired) electrons. The summed E-state index contributed by atoms with van der Waals surface area (Å²) < 4.78 is 19.8. The van der Waals surface area contributed by atoms with Crippen molar-refractivity contribution >= 4 is 23.1 Å². The molecular weight excluding hydrogens is 415 g/mol. The number of anilines is 2. The fourth-order valence-electron chi connectivity index (χ4n) is 4.17. The van der Waals surface area contributed by atoms with Crippen LogP contribution in [0.4, 0.5) is 15.9 Å². The van der Waals surface area contributed by atoms with Crippen LogP contribution in [0.1, 0.15) is 38.5 Å². The number of pyridine rings is 1. The van der Waals surface area contributed by atoms with Gasteiger partial charge in [0.25, 0.3) is 0 Å². The number of methoxy groups -OCH3 is 1. The summed E-state index contributed by atoms with van der Waals surface area (Å²) in [4.78, 5) is 4.44. The fraction of sp³-hybridized carbons (Fsp3) is 0.542. The summed E-state index contributed by atoms with van der Waals surface area (Å²) >= 11 is 6.42. The van der Waals surface area contributed by atoms with E-state index in [0.717, 1.165) is 62.8 Å². The zero-order valence-corrected chi connectivity index (χ0v) is 18.9. The number of halogens is 2. The van der Waals surface area contributed by atoms with Crippen LogP contribution in [0.5, 0.6) is 0 Å². The first kappa shape index (κ1) is 22.3. The normalized spacial score (nSPS) is 21.1. The Hall–Kier alpha value is -1.89. The predicted molar refractivity (Wildman–Crippen MR) is 125 cm³/mol. The van der Waals surface area contributed by atoms with Crippen LogP contribution >= 0.6 is 11.6 Å². The molecule has 0 atom stereocenters. The van der Waals surface area contributed by atoms with Crippen molar-refractivity contribution in [3.05, 3.63) is 41.3 Å². The molecule has 0 unspecified atom stereocenters. The van der Waals surface area contributed by atoms with Gasteiger partial charge in [-0.1, -0.05) is 11.6 Å². The van der Waals surface area contributed by atoms with Gasteiger partial charge in [0.2, 0.25) is 0 Å². The van der Waals surface area contributed by atoms with E-state index >= 15 is 0 Å². The number of hydrogen-bond donors (Lipinski definition) is 3. The van der Waals surface area contributed by atoms with Crippen LogP contribution in [-0.2, 0) is 4.74 Å². The molecule has 2 aliphatic rings. The van der Waals surface area contributed by atoms with E-state index < -0.39 is 0 Å². The van der Waals surface area contributed by atoms with Crippen molar-refractivity contribution in [3.8, 4) is 11.1 Å². The number of benzene rings is 1. The van der Waals surface area contributed by atoms with Gasteiger partial charge in [0.1, 0.15) is 11.6 Å². The number of rotatable bonds is 10. The summed E-state index contributed by atoms with van der Waals surface area (Å²) in [7, 11) is 1.72. The van der Waals surface area contributed by atoms with Crippen molar-refractivity contribution in [3.63, 3.8) is 0 Å². The molecule has 3 N–H and O–H groups in total. The second-order valence-corrected chi connectivity index (χ2v) is 9.12. The molecule has 1 heterocycles. The fourth-order valence-corrected chi connectivity index (χ4v) is 4.37. The van der Waals surface area contributed by atoms with Crippen molar-refractivity contribution in [1.82, 2.24) is 10.3 Å². The van der Waals surface area contributed by atoms with Gasteiger partial charge in [0, 0.05) is 55.3 Å². The standard InChI is InChI=1S/C24H32ClFN4O/c1-31-11-10-27-17-4-6-18(7-5-17)30-24-13-20(22(25)15-29-24)21-12-19(8-9-23(21)26)28-14-16-2-3-16/h8-9,12-13,15-18,27-28H,2-7,10-11,14H2,1H3,(H,29,30)/t17-,18-. The Labute approximate surface area is 189 Å². The largest absolute Gasteiger partial charge is 0.385 e. The zero-order valence-electron chi connectivity index (χ0n) is 18.1. The van der Waals surface area contributed by atoms with Gasteiger partial charge in [-0.15, -0.1) is 0 Å². The van der Waals surface area contributed by atoms with E-state index in [0.29, 0.717) is 28.2 Å². The Balaban J connectivity index is 1.40. The topological polar surface area (TPSA) is 58.2 Å². The van der Waals surface area contributed by atoms with Gasteiger partial charge in [-0.25, -0.2) is 9.37 Å². The molecule has 2 fully saturated rings. The Morgan fingerprint density at radius 2 is 1.84 bits per heavy atom. The monoisotopic (exact) mass is 446 g/mol. The first-order valence-electron chi connectivity index (χ1n) is 11.3. The molecule has 0 bridgehead atoms. The number of aromatic nitrogens is 1. The SMILES string of the molecule is COCCN[C@H]1CC[C@H](Nc2cc(-c3cc(NCC4CC4)ccc3F)c(Cl)cn2)CC1. The Kier molecular flexibility index (Phi) is 7.64. The van der Waals surface area contributed by atoms with E-state index in [1.54, 1.807) is 19.4 Å². The molecule has 1 aromatic heterocycles. The smallest absolute Gasteiger partial charge is 0.131 e. The van der Waals surface area contributed by atoms with E-state index in [9.17, 15) is 4.39 Å². The van der Waals surface area contributed by atoms with Gasteiger partial charge in [0.05, 0.1) is 11.6 Å². The maximum Gasteiger partial charge on any atom is 0.131 e. The maximum atomic E-state index is 14.7. The highest BCUT2D eigenvalue weighted by molar-refractivity contribution is 6.33. The third kappa shape index (κ3) is 6.31. The molecule has 0 spiro atoms. The quantitative estimate of drug-likeness (QED) is 0.431. The van der Waals surface area contributed by atoms with Crippen LogP contribution in [0.3, 0.4) is 0 Å². The highest BCUT2D eigenvalue weighted by Crippen LogP contribution is 2.34. The molecule has 7 heteroatoms. The molecule has 0 aliphatic heterocycles. The van der Waals surface area contributed by atoms with Gasteiger partial charge in [-0.05, 0) is 68.7 Å². The van der Waals surface area contributed by atoms with Crippen molar-refractivity contribution in [1.29, 1.82) is 0 Å². The summed E-state index contributed by atoms with van der Waals surface area (Å²) in [5.74, 6) is 1.21. The maximum absolute atomic E-state index is 14.7. The third-order valence-corrected chi connectivity index (χ3v) is 6.52. The first-order valence-corrected chi connectivity index (χ1v) is 11.7. The van der Waals surface area contributed by atoms with E-state index in [-0.39, 0.29) is 5.82 Å². The Bertz CT molecular complexity index is 869. The lowest BCUT2D eigenvalue weighted by Crippen LogP contribution is -2.38. The lowest BCUT2D eigenvalue weighted by molar-refractivity contribution is 0.191. The van der Waals surface area contributed by atoms with Crippen molar-refractivity contribution in [2.24, 2.45) is 5.92 Å². The molecule has 5 nitrogen and oxygen atoms in total. The van der Waals surface area contributed by atoms with Gasteiger partial charge in [-0.2, -0.15) is 0 Å². The average molecular weight is 447 g/mol. The number of hydrogen-bond acceptors (Lipinski definition) is 5. The highest BCUT2D eigenvalue weighted by atomic mass is 35.5. The minimum absolute atomic E-state index is 0.279. The van der Waals surface area contributed by atoms with E-state index in [1.807, 2.05) is 12.1 Å². The van der Waals surface area contributed by atoms with E-state index in [2.05, 4.69) is 20.9 Å². The lowest BCUT2D eigenvalue weighted by Gasteiger charge is -2.30. The minimum Gasteiger partial charge on any atom is -0.385 e. The van der Waals surface area contributed by atoms with Crippen LogP contribution < -0.4 is 16.0 Å². The molecule has 168 valence electrons. The third-order valence-electron chi connectivity index (χ3n) is 6.22. The van der Waals surface area contributed by atoms with Crippen LogP contribution in [0.15, 0.2) is 30.5 Å². The number of ether oxygens (including phenoxy) is 1. The number of nitrogens with one attached hydrogen (secondary N) is 3. The van der Waals surface area contributed by atoms with Gasteiger partial charge in [-0.3, -0.25) is 0 Å². The van der Waals surface area contributed by atoms with Crippen LogP contribution in [0.2, 0.25) is 5.02 Å². The molecule has 0 amide bonds. The van der Waals surface area contributed by atoms with Gasteiger partial charge in [0.15, 0.2) is 0 Å². The zero-order chi connectivity index (χ0) is 21.6. The van der Waals surface area contributed by atoms with E-state index in [1.165, 1.54) is 18.9 Å². The molecule has 4 rings (SSSR count). The summed E-state index contributed by atoms with van der Waals surface area (Å²) in [5, 5.41) is 10.9. The average Bonchev–Trinajstić information content (AvgIpc) is 3.61. The van der Waals surface area contributed by atoms with Crippen LogP contribution in [-0.4, -0.2) is 43.9 Å². The number of nitrogens with zero attached hydrogens (tertiary/aromatic N) is 1. The molecule has 1 aromatic carbocycles. The summed E-state index contributed by atoms with van der Waals surface area (Å²) in [6.45, 7) is 2.57. The highest BCUT2D eigenvalue weighted by Gasteiger charge is 2.22. The summed E-state index contributed by atoms with van der Waals surface area (Å²) in [6, 6.07) is 7.91. The molecule has 2 aliphatic carbocycles. The van der Waals surface area contributed by atoms with Crippen molar-refractivity contribution in [2.45, 2.75) is 50.6 Å². The molecule has 2 saturated carbocycles. The van der Waals surface area contributed by atoms with E-state index in [4.69, 9.17) is 16.3 Å².